The highest BCUT2D eigenvalue weighted by atomic mass is 16.5. The molecular formula is C12H12N2O2. The summed E-state index contributed by atoms with van der Waals surface area (Å²) in [7, 11) is 1.76. The Kier molecular flexibility index (Phi) is 3.00. The molecule has 0 radical (unpaired) electrons. The van der Waals surface area contributed by atoms with Crippen molar-refractivity contribution in [1.29, 1.82) is 0 Å². The van der Waals surface area contributed by atoms with Gasteiger partial charge in [0.05, 0.1) is 11.8 Å². The molecule has 0 saturated carbocycles. The molecule has 0 saturated heterocycles. The number of hydrogen-bond acceptors (Lipinski definition) is 3. The van der Waals surface area contributed by atoms with Crippen molar-refractivity contribution in [3.05, 3.63) is 53.9 Å². The van der Waals surface area contributed by atoms with Crippen molar-refractivity contribution in [1.82, 2.24) is 9.78 Å². The molecule has 2 aromatic rings. The number of hydrogen-bond donors (Lipinski definition) is 0. The van der Waals surface area contributed by atoms with Gasteiger partial charge in [0, 0.05) is 13.2 Å². The number of carbonyl (C=O) groups is 1. The van der Waals surface area contributed by atoms with Crippen molar-refractivity contribution in [2.24, 2.45) is 7.05 Å². The summed E-state index contributed by atoms with van der Waals surface area (Å²) in [5.74, 6) is -0.350. The Morgan fingerprint density at radius 1 is 1.38 bits per heavy atom. The lowest BCUT2D eigenvalue weighted by Gasteiger charge is -2.02. The van der Waals surface area contributed by atoms with Gasteiger partial charge in [-0.05, 0) is 5.56 Å². The Morgan fingerprint density at radius 3 is 2.75 bits per heavy atom. The van der Waals surface area contributed by atoms with Crippen molar-refractivity contribution >= 4 is 5.97 Å². The number of esters is 1. The lowest BCUT2D eigenvalue weighted by Crippen LogP contribution is -2.04. The van der Waals surface area contributed by atoms with Crippen molar-refractivity contribution in [3.63, 3.8) is 0 Å². The Hall–Kier alpha value is -2.10. The van der Waals surface area contributed by atoms with Gasteiger partial charge in [0.15, 0.2) is 0 Å². The lowest BCUT2D eigenvalue weighted by atomic mass is 10.2. The highest BCUT2D eigenvalue weighted by Crippen LogP contribution is 2.04. The zero-order chi connectivity index (χ0) is 11.4. The van der Waals surface area contributed by atoms with Crippen LogP contribution in [0.2, 0.25) is 0 Å². The van der Waals surface area contributed by atoms with Gasteiger partial charge in [0.1, 0.15) is 6.61 Å². The van der Waals surface area contributed by atoms with Crippen LogP contribution in [0.1, 0.15) is 15.9 Å². The first-order valence-electron chi connectivity index (χ1n) is 4.95. The highest BCUT2D eigenvalue weighted by Gasteiger charge is 2.08. The smallest absolute Gasteiger partial charge is 0.341 e. The van der Waals surface area contributed by atoms with Crippen LogP contribution >= 0.6 is 0 Å². The Morgan fingerprint density at radius 2 is 2.12 bits per heavy atom. The maximum atomic E-state index is 11.6. The molecule has 0 unspecified atom stereocenters. The van der Waals surface area contributed by atoms with Crippen molar-refractivity contribution < 1.29 is 9.53 Å². The standard InChI is InChI=1S/C12H12N2O2/c1-14-8-11(7-13-14)12(15)16-9-10-5-3-2-4-6-10/h2-8H,9H2,1H3. The average molecular weight is 216 g/mol. The van der Waals surface area contributed by atoms with Crippen LogP contribution in [-0.4, -0.2) is 15.7 Å². The normalized spacial score (nSPS) is 10.1. The number of benzene rings is 1. The fraction of sp³-hybridized carbons (Fsp3) is 0.167. The predicted octanol–water partition coefficient (Wildman–Crippen LogP) is 1.78. The second-order valence-electron chi connectivity index (χ2n) is 3.46. The van der Waals surface area contributed by atoms with Gasteiger partial charge in [0.25, 0.3) is 0 Å². The molecule has 0 fully saturated rings. The van der Waals surface area contributed by atoms with Crippen LogP contribution in [0.25, 0.3) is 0 Å². The Labute approximate surface area is 93.5 Å². The van der Waals surface area contributed by atoms with Crippen LogP contribution in [0.3, 0.4) is 0 Å². The summed E-state index contributed by atoms with van der Waals surface area (Å²) in [6, 6.07) is 9.57. The van der Waals surface area contributed by atoms with Crippen LogP contribution in [0.4, 0.5) is 0 Å². The third kappa shape index (κ3) is 2.48. The summed E-state index contributed by atoms with van der Waals surface area (Å²) in [6.45, 7) is 0.286. The first-order chi connectivity index (χ1) is 7.75. The molecule has 4 heteroatoms. The molecule has 0 aliphatic heterocycles. The van der Waals surface area contributed by atoms with E-state index in [1.165, 1.54) is 6.20 Å². The van der Waals surface area contributed by atoms with Crippen molar-refractivity contribution in [3.8, 4) is 0 Å². The number of nitrogens with zero attached hydrogens (tertiary/aromatic N) is 2. The van der Waals surface area contributed by atoms with Crippen molar-refractivity contribution in [2.45, 2.75) is 6.61 Å². The van der Waals surface area contributed by atoms with E-state index in [4.69, 9.17) is 4.74 Å². The molecule has 2 rings (SSSR count). The largest absolute Gasteiger partial charge is 0.457 e. The number of aryl methyl sites for hydroxylation is 1. The van der Waals surface area contributed by atoms with E-state index in [0.29, 0.717) is 5.56 Å². The maximum absolute atomic E-state index is 11.6. The fourth-order valence-electron chi connectivity index (χ4n) is 1.33. The number of carbonyl (C=O) groups excluding carboxylic acids is 1. The first-order valence-corrected chi connectivity index (χ1v) is 4.95. The third-order valence-electron chi connectivity index (χ3n) is 2.15. The van der Waals surface area contributed by atoms with Gasteiger partial charge in [-0.25, -0.2) is 4.79 Å². The summed E-state index contributed by atoms with van der Waals surface area (Å²) in [6.07, 6.45) is 3.13. The van der Waals surface area contributed by atoms with Crippen LogP contribution in [0.15, 0.2) is 42.7 Å². The molecule has 1 heterocycles. The topological polar surface area (TPSA) is 44.1 Å². The second kappa shape index (κ2) is 4.61. The molecule has 4 nitrogen and oxygen atoms in total. The van der Waals surface area contributed by atoms with Crippen molar-refractivity contribution in [2.75, 3.05) is 0 Å². The van der Waals surface area contributed by atoms with Gasteiger partial charge in [-0.15, -0.1) is 0 Å². The van der Waals surface area contributed by atoms with E-state index in [1.807, 2.05) is 30.3 Å². The molecule has 0 bridgehead atoms. The van der Waals surface area contributed by atoms with Crippen LogP contribution in [-0.2, 0) is 18.4 Å². The molecule has 0 aliphatic rings. The van der Waals surface area contributed by atoms with E-state index in [1.54, 1.807) is 17.9 Å². The van der Waals surface area contributed by atoms with Gasteiger partial charge < -0.3 is 4.74 Å². The number of ether oxygens (including phenoxy) is 1. The molecule has 0 atom stereocenters. The summed E-state index contributed by atoms with van der Waals surface area (Å²) < 4.78 is 6.70. The fourth-order valence-corrected chi connectivity index (χ4v) is 1.33. The molecule has 0 spiro atoms. The minimum Gasteiger partial charge on any atom is -0.457 e. The average Bonchev–Trinajstić information content (AvgIpc) is 2.74. The van der Waals surface area contributed by atoms with E-state index in [0.717, 1.165) is 5.56 Å². The summed E-state index contributed by atoms with van der Waals surface area (Å²) in [5, 5.41) is 3.91. The van der Waals surface area contributed by atoms with Crippen LogP contribution in [0, 0.1) is 0 Å². The molecule has 1 aromatic heterocycles. The minimum atomic E-state index is -0.350. The third-order valence-corrected chi connectivity index (χ3v) is 2.15. The summed E-state index contributed by atoms with van der Waals surface area (Å²) in [4.78, 5) is 11.6. The van der Waals surface area contributed by atoms with Crippen LogP contribution in [0.5, 0.6) is 0 Å². The highest BCUT2D eigenvalue weighted by molar-refractivity contribution is 5.88. The second-order valence-corrected chi connectivity index (χ2v) is 3.46. The molecule has 0 N–H and O–H groups in total. The van der Waals surface area contributed by atoms with E-state index < -0.39 is 0 Å². The maximum Gasteiger partial charge on any atom is 0.341 e. The number of rotatable bonds is 3. The Balaban J connectivity index is 1.94. The first kappa shape index (κ1) is 10.4. The summed E-state index contributed by atoms with van der Waals surface area (Å²) >= 11 is 0. The van der Waals surface area contributed by atoms with Crippen LogP contribution < -0.4 is 0 Å². The summed E-state index contributed by atoms with van der Waals surface area (Å²) in [5.41, 5.74) is 1.44. The van der Waals surface area contributed by atoms with E-state index in [-0.39, 0.29) is 12.6 Å². The van der Waals surface area contributed by atoms with Gasteiger partial charge in [-0.3, -0.25) is 4.68 Å². The van der Waals surface area contributed by atoms with Gasteiger partial charge >= 0.3 is 5.97 Å². The van der Waals surface area contributed by atoms with Gasteiger partial charge in [0.2, 0.25) is 0 Å². The Bertz CT molecular complexity index is 477. The zero-order valence-corrected chi connectivity index (χ0v) is 8.96. The quantitative estimate of drug-likeness (QED) is 0.734. The zero-order valence-electron chi connectivity index (χ0n) is 8.96. The van der Waals surface area contributed by atoms with E-state index in [2.05, 4.69) is 5.10 Å². The number of aromatic nitrogens is 2. The van der Waals surface area contributed by atoms with E-state index >= 15 is 0 Å². The van der Waals surface area contributed by atoms with Gasteiger partial charge in [-0.1, -0.05) is 30.3 Å². The molecular weight excluding hydrogens is 204 g/mol. The molecule has 0 amide bonds. The van der Waals surface area contributed by atoms with E-state index in [9.17, 15) is 4.79 Å². The molecule has 0 aliphatic carbocycles. The van der Waals surface area contributed by atoms with Gasteiger partial charge in [-0.2, -0.15) is 5.10 Å². The minimum absolute atomic E-state index is 0.286. The molecule has 1 aromatic carbocycles. The monoisotopic (exact) mass is 216 g/mol. The predicted molar refractivity (Wildman–Crippen MR) is 58.8 cm³/mol. The molecule has 16 heavy (non-hydrogen) atoms. The lowest BCUT2D eigenvalue weighted by molar-refractivity contribution is 0.0472. The molecule has 82 valence electrons. The SMILES string of the molecule is Cn1cc(C(=O)OCc2ccccc2)cn1.